The number of nitrogens with one attached hydrogen (secondary N) is 1. The highest BCUT2D eigenvalue weighted by molar-refractivity contribution is 5.91. The number of ether oxygens (including phenoxy) is 1. The van der Waals surface area contributed by atoms with Crippen molar-refractivity contribution in [3.05, 3.63) is 54.1 Å². The molecule has 0 saturated carbocycles. The maximum Gasteiger partial charge on any atom is 0.262 e. The molecule has 20 heavy (non-hydrogen) atoms. The highest BCUT2D eigenvalue weighted by atomic mass is 19.2. The normalized spacial score (nSPS) is 10.1. The van der Waals surface area contributed by atoms with Gasteiger partial charge in [0.05, 0.1) is 5.69 Å². The molecule has 0 fully saturated rings. The molecule has 0 saturated heterocycles. The number of amides is 1. The number of rotatable bonds is 4. The SMILES string of the molecule is Nc1ccccc1OCC(=O)Nc1ccc(F)c(F)c1. The molecule has 0 aromatic heterocycles. The lowest BCUT2D eigenvalue weighted by atomic mass is 10.3. The van der Waals surface area contributed by atoms with Crippen LogP contribution in [-0.2, 0) is 4.79 Å². The third-order valence-electron chi connectivity index (χ3n) is 2.48. The molecule has 4 nitrogen and oxygen atoms in total. The van der Waals surface area contributed by atoms with Crippen LogP contribution in [0.15, 0.2) is 42.5 Å². The minimum Gasteiger partial charge on any atom is -0.482 e. The lowest BCUT2D eigenvalue weighted by Crippen LogP contribution is -2.20. The number of para-hydroxylation sites is 2. The standard InChI is InChI=1S/C14H12F2N2O2/c15-10-6-5-9(7-11(10)16)18-14(19)8-20-13-4-2-1-3-12(13)17/h1-7H,8,17H2,(H,18,19). The number of carbonyl (C=O) groups excluding carboxylic acids is 1. The first-order chi connectivity index (χ1) is 9.56. The van der Waals surface area contributed by atoms with E-state index in [1.807, 2.05) is 0 Å². The Hall–Kier alpha value is -2.63. The molecule has 6 heteroatoms. The van der Waals surface area contributed by atoms with E-state index in [2.05, 4.69) is 5.32 Å². The average Bonchev–Trinajstić information content (AvgIpc) is 2.42. The quantitative estimate of drug-likeness (QED) is 0.845. The lowest BCUT2D eigenvalue weighted by Gasteiger charge is -2.09. The molecule has 2 rings (SSSR count). The Kier molecular flexibility index (Phi) is 4.14. The van der Waals surface area contributed by atoms with Crippen molar-refractivity contribution in [1.29, 1.82) is 0 Å². The summed E-state index contributed by atoms with van der Waals surface area (Å²) in [5.74, 6) is -2.13. The van der Waals surface area contributed by atoms with Gasteiger partial charge >= 0.3 is 0 Å². The molecule has 0 spiro atoms. The molecular weight excluding hydrogens is 266 g/mol. The molecule has 0 radical (unpaired) electrons. The lowest BCUT2D eigenvalue weighted by molar-refractivity contribution is -0.118. The summed E-state index contributed by atoms with van der Waals surface area (Å²) in [7, 11) is 0. The van der Waals surface area contributed by atoms with Crippen LogP contribution in [0.2, 0.25) is 0 Å². The van der Waals surface area contributed by atoms with E-state index in [0.29, 0.717) is 11.4 Å². The molecule has 0 unspecified atom stereocenters. The second kappa shape index (κ2) is 6.01. The fourth-order valence-corrected chi connectivity index (χ4v) is 1.53. The summed E-state index contributed by atoms with van der Waals surface area (Å²) in [6.45, 7) is -0.285. The molecule has 3 N–H and O–H groups in total. The van der Waals surface area contributed by atoms with E-state index in [0.717, 1.165) is 12.1 Å². The summed E-state index contributed by atoms with van der Waals surface area (Å²) in [5.41, 5.74) is 6.21. The molecule has 0 aliphatic carbocycles. The summed E-state index contributed by atoms with van der Waals surface area (Å²) in [6.07, 6.45) is 0. The number of hydrogen-bond donors (Lipinski definition) is 2. The minimum absolute atomic E-state index is 0.151. The van der Waals surface area contributed by atoms with Crippen molar-refractivity contribution in [3.63, 3.8) is 0 Å². The first-order valence-electron chi connectivity index (χ1n) is 5.78. The number of benzene rings is 2. The van der Waals surface area contributed by atoms with Crippen LogP contribution >= 0.6 is 0 Å². The van der Waals surface area contributed by atoms with Gasteiger partial charge in [0.25, 0.3) is 5.91 Å². The zero-order valence-electron chi connectivity index (χ0n) is 10.4. The van der Waals surface area contributed by atoms with Crippen molar-refractivity contribution in [2.75, 3.05) is 17.7 Å². The van der Waals surface area contributed by atoms with Crippen LogP contribution in [0.3, 0.4) is 0 Å². The van der Waals surface area contributed by atoms with Gasteiger partial charge in [-0.05, 0) is 24.3 Å². The van der Waals surface area contributed by atoms with Crippen molar-refractivity contribution in [3.8, 4) is 5.75 Å². The largest absolute Gasteiger partial charge is 0.482 e. The van der Waals surface area contributed by atoms with E-state index in [-0.39, 0.29) is 12.3 Å². The van der Waals surface area contributed by atoms with Gasteiger partial charge in [-0.15, -0.1) is 0 Å². The van der Waals surface area contributed by atoms with E-state index in [1.165, 1.54) is 6.07 Å². The Morgan fingerprint density at radius 2 is 1.90 bits per heavy atom. The Balaban J connectivity index is 1.93. The highest BCUT2D eigenvalue weighted by Crippen LogP contribution is 2.19. The van der Waals surface area contributed by atoms with Crippen molar-refractivity contribution < 1.29 is 18.3 Å². The van der Waals surface area contributed by atoms with Crippen LogP contribution in [0.1, 0.15) is 0 Å². The van der Waals surface area contributed by atoms with Crippen molar-refractivity contribution in [2.45, 2.75) is 0 Å². The molecule has 0 aliphatic heterocycles. The minimum atomic E-state index is -1.03. The second-order valence-corrected chi connectivity index (χ2v) is 4.00. The number of halogens is 2. The summed E-state index contributed by atoms with van der Waals surface area (Å²) < 4.78 is 30.9. The summed E-state index contributed by atoms with van der Waals surface area (Å²) >= 11 is 0. The fraction of sp³-hybridized carbons (Fsp3) is 0.0714. The number of carbonyl (C=O) groups is 1. The molecule has 1 amide bonds. The van der Waals surface area contributed by atoms with Gasteiger partial charge in [0.15, 0.2) is 18.2 Å². The van der Waals surface area contributed by atoms with E-state index >= 15 is 0 Å². The predicted octanol–water partition coefficient (Wildman–Crippen LogP) is 2.56. The van der Waals surface area contributed by atoms with Gasteiger partial charge in [0.1, 0.15) is 5.75 Å². The molecule has 0 atom stereocenters. The van der Waals surface area contributed by atoms with Gasteiger partial charge in [-0.25, -0.2) is 8.78 Å². The topological polar surface area (TPSA) is 64.3 Å². The molecular formula is C14H12F2N2O2. The number of anilines is 2. The maximum absolute atomic E-state index is 13.0. The molecule has 2 aromatic rings. The van der Waals surface area contributed by atoms with E-state index in [4.69, 9.17) is 10.5 Å². The monoisotopic (exact) mass is 278 g/mol. The summed E-state index contributed by atoms with van der Waals surface area (Å²) in [5, 5.41) is 2.39. The predicted molar refractivity (Wildman–Crippen MR) is 71.3 cm³/mol. The molecule has 2 aromatic carbocycles. The zero-order chi connectivity index (χ0) is 14.5. The smallest absolute Gasteiger partial charge is 0.262 e. The summed E-state index contributed by atoms with van der Waals surface area (Å²) in [4.78, 5) is 11.6. The first kappa shape index (κ1) is 13.8. The van der Waals surface area contributed by atoms with Gasteiger partial charge in [-0.3, -0.25) is 4.79 Å². The van der Waals surface area contributed by atoms with Gasteiger partial charge in [0, 0.05) is 11.8 Å². The molecule has 0 bridgehead atoms. The van der Waals surface area contributed by atoms with Gasteiger partial charge < -0.3 is 15.8 Å². The van der Waals surface area contributed by atoms with Gasteiger partial charge in [0.2, 0.25) is 0 Å². The third kappa shape index (κ3) is 3.44. The van der Waals surface area contributed by atoms with Crippen LogP contribution in [0.25, 0.3) is 0 Å². The highest BCUT2D eigenvalue weighted by Gasteiger charge is 2.07. The van der Waals surface area contributed by atoms with Crippen LogP contribution < -0.4 is 15.8 Å². The maximum atomic E-state index is 13.0. The van der Waals surface area contributed by atoms with Crippen LogP contribution in [0.4, 0.5) is 20.2 Å². The first-order valence-corrected chi connectivity index (χ1v) is 5.78. The van der Waals surface area contributed by atoms with Crippen LogP contribution in [0, 0.1) is 11.6 Å². The van der Waals surface area contributed by atoms with E-state index in [1.54, 1.807) is 24.3 Å². The van der Waals surface area contributed by atoms with Crippen LogP contribution in [-0.4, -0.2) is 12.5 Å². The second-order valence-electron chi connectivity index (χ2n) is 4.00. The van der Waals surface area contributed by atoms with Crippen LogP contribution in [0.5, 0.6) is 5.75 Å². The van der Waals surface area contributed by atoms with E-state index in [9.17, 15) is 13.6 Å². The summed E-state index contributed by atoms with van der Waals surface area (Å²) in [6, 6.07) is 9.81. The average molecular weight is 278 g/mol. The van der Waals surface area contributed by atoms with Crippen molar-refractivity contribution in [2.24, 2.45) is 0 Å². The number of nitrogens with two attached hydrogens (primary N) is 1. The Labute approximate surface area is 114 Å². The molecule has 0 aliphatic rings. The number of nitrogen functional groups attached to an aromatic ring is 1. The fourth-order valence-electron chi connectivity index (χ4n) is 1.53. The Bertz CT molecular complexity index is 632. The zero-order valence-corrected chi connectivity index (χ0v) is 10.4. The molecule has 0 heterocycles. The van der Waals surface area contributed by atoms with Crippen molar-refractivity contribution in [1.82, 2.24) is 0 Å². The Morgan fingerprint density at radius 3 is 2.60 bits per heavy atom. The van der Waals surface area contributed by atoms with Gasteiger partial charge in [-0.2, -0.15) is 0 Å². The molecule has 104 valence electrons. The number of hydrogen-bond acceptors (Lipinski definition) is 3. The van der Waals surface area contributed by atoms with E-state index < -0.39 is 17.5 Å². The van der Waals surface area contributed by atoms with Crippen molar-refractivity contribution >= 4 is 17.3 Å². The van der Waals surface area contributed by atoms with Gasteiger partial charge in [-0.1, -0.05) is 12.1 Å². The Morgan fingerprint density at radius 1 is 1.15 bits per heavy atom. The third-order valence-corrected chi connectivity index (χ3v) is 2.48.